The number of carbonyl (C=O) groups is 2. The number of benzene rings is 4. The maximum Gasteiger partial charge on any atom is 0.265 e. The number of ether oxygens (including phenoxy) is 2. The molecule has 2 aromatic heterocycles. The highest BCUT2D eigenvalue weighted by atomic mass is 19.3. The predicted molar refractivity (Wildman–Crippen MR) is 237 cm³/mol. The number of fused-ring (bicyclic) bond motifs is 2. The summed E-state index contributed by atoms with van der Waals surface area (Å²) in [7, 11) is 0. The molecule has 63 heavy (non-hydrogen) atoms. The second-order valence-electron chi connectivity index (χ2n) is 16.5. The fourth-order valence-corrected chi connectivity index (χ4v) is 8.65. The number of pyridine rings is 2. The van der Waals surface area contributed by atoms with E-state index in [1.54, 1.807) is 6.07 Å². The molecule has 2 aliphatic carbocycles. The van der Waals surface area contributed by atoms with Gasteiger partial charge in [-0.15, -0.1) is 0 Å². The summed E-state index contributed by atoms with van der Waals surface area (Å²) in [6.45, 7) is -1.80. The van der Waals surface area contributed by atoms with Gasteiger partial charge >= 0.3 is 0 Å². The molecule has 0 saturated heterocycles. The molecule has 4 heterocycles. The molecular formula is C50H47F3N6O4. The summed E-state index contributed by atoms with van der Waals surface area (Å²) in [5, 5.41) is 0. The Morgan fingerprint density at radius 1 is 0.587 bits per heavy atom. The highest BCUT2D eigenvalue weighted by Crippen LogP contribution is 2.44. The van der Waals surface area contributed by atoms with Crippen LogP contribution in [0.3, 0.4) is 0 Å². The highest BCUT2D eigenvalue weighted by molar-refractivity contribution is 6.00. The minimum absolute atomic E-state index is 0.0161. The molecule has 2 amide bonds. The minimum atomic E-state index is -2.66. The third-order valence-corrected chi connectivity index (χ3v) is 12.5. The molecule has 4 N–H and O–H groups in total. The third kappa shape index (κ3) is 8.26. The first-order valence-electron chi connectivity index (χ1n) is 21.2. The summed E-state index contributed by atoms with van der Waals surface area (Å²) < 4.78 is 50.6. The van der Waals surface area contributed by atoms with Crippen molar-refractivity contribution in [3.05, 3.63) is 132 Å². The number of alkyl halides is 3. The van der Waals surface area contributed by atoms with Crippen LogP contribution in [-0.4, -0.2) is 61.2 Å². The molecule has 0 atom stereocenters. The van der Waals surface area contributed by atoms with Gasteiger partial charge in [0.05, 0.1) is 24.5 Å². The lowest BCUT2D eigenvalue weighted by molar-refractivity contribution is -0.122. The Bertz CT molecular complexity index is 2620. The summed E-state index contributed by atoms with van der Waals surface area (Å²) in [5.41, 5.74) is 22.1. The Hall–Kier alpha value is -6.57. The fourth-order valence-electron chi connectivity index (χ4n) is 8.65. The van der Waals surface area contributed by atoms with E-state index in [1.807, 2.05) is 103 Å². The lowest BCUT2D eigenvalue weighted by Gasteiger charge is -2.38. The summed E-state index contributed by atoms with van der Waals surface area (Å²) in [6, 6.07) is 39.2. The van der Waals surface area contributed by atoms with Crippen LogP contribution in [0.5, 0.6) is 11.8 Å². The van der Waals surface area contributed by atoms with E-state index in [9.17, 15) is 22.8 Å². The SMILES string of the molecule is NC1(c2ccc(-c3nc4c(cc3-c3ccccc3)N(CC(F)F)C(=O)CO4)cc2)CCC1.NC1(c2ccc(-c3nc4c(cc3-c3ccccc3)N(CCF)C(=O)CO4)cc2)CCC1. The molecule has 0 spiro atoms. The fraction of sp³-hybridized carbons (Fsp3) is 0.280. The van der Waals surface area contributed by atoms with Crippen LogP contribution in [0.15, 0.2) is 121 Å². The van der Waals surface area contributed by atoms with Gasteiger partial charge in [0.25, 0.3) is 18.2 Å². The number of amides is 2. The van der Waals surface area contributed by atoms with Gasteiger partial charge in [-0.2, -0.15) is 0 Å². The van der Waals surface area contributed by atoms with Gasteiger partial charge in [-0.1, -0.05) is 109 Å². The van der Waals surface area contributed by atoms with Crippen molar-refractivity contribution in [3.63, 3.8) is 0 Å². The van der Waals surface area contributed by atoms with Crippen LogP contribution in [0, 0.1) is 0 Å². The Morgan fingerprint density at radius 3 is 1.38 bits per heavy atom. The number of nitrogens with zero attached hydrogens (tertiary/aromatic N) is 4. The van der Waals surface area contributed by atoms with Crippen molar-refractivity contribution in [1.29, 1.82) is 0 Å². The molecule has 10 nitrogen and oxygen atoms in total. The maximum atomic E-state index is 13.2. The zero-order chi connectivity index (χ0) is 43.7. The molecule has 4 aliphatic rings. The molecule has 0 bridgehead atoms. The average molecular weight is 853 g/mol. The van der Waals surface area contributed by atoms with E-state index in [4.69, 9.17) is 25.9 Å². The zero-order valence-corrected chi connectivity index (χ0v) is 34.6. The first-order chi connectivity index (χ1) is 30.5. The van der Waals surface area contributed by atoms with Gasteiger partial charge in [-0.3, -0.25) is 14.5 Å². The molecular weight excluding hydrogens is 806 g/mol. The molecule has 0 radical (unpaired) electrons. The molecule has 13 heteroatoms. The van der Waals surface area contributed by atoms with Gasteiger partial charge in [-0.25, -0.2) is 23.1 Å². The van der Waals surface area contributed by atoms with Crippen molar-refractivity contribution in [3.8, 4) is 56.5 Å². The summed E-state index contributed by atoms with van der Waals surface area (Å²) in [6.07, 6.45) is 3.59. The monoisotopic (exact) mass is 852 g/mol. The van der Waals surface area contributed by atoms with E-state index >= 15 is 0 Å². The molecule has 2 aliphatic heterocycles. The second-order valence-corrected chi connectivity index (χ2v) is 16.5. The Morgan fingerprint density at radius 2 is 1.00 bits per heavy atom. The van der Waals surface area contributed by atoms with Gasteiger partial charge in [0.1, 0.15) is 18.0 Å². The van der Waals surface area contributed by atoms with Crippen molar-refractivity contribution >= 4 is 23.2 Å². The standard InChI is InChI=1S/C25H23F2N3O2.C25H24FN3O2/c26-21(27)14-30-20-13-19(16-5-2-1-3-6-16)23(29-24(20)32-15-22(30)31)17-7-9-18(10-8-17)25(28)11-4-12-25;26-13-14-29-21-15-20(17-5-2-1-3-6-17)23(28-24(21)31-16-22(29)30)18-7-9-19(10-8-18)25(27)11-4-12-25/h1-3,5-10,13,21H,4,11-12,14-15,28H2;1-3,5-10,15H,4,11-14,16,27H2. The van der Waals surface area contributed by atoms with Crippen molar-refractivity contribution in [1.82, 2.24) is 9.97 Å². The third-order valence-electron chi connectivity index (χ3n) is 12.5. The minimum Gasteiger partial charge on any atom is -0.466 e. The highest BCUT2D eigenvalue weighted by Gasteiger charge is 2.36. The average Bonchev–Trinajstić information content (AvgIpc) is 3.29. The lowest BCUT2D eigenvalue weighted by atomic mass is 9.72. The van der Waals surface area contributed by atoms with Crippen LogP contribution in [0.4, 0.5) is 24.5 Å². The van der Waals surface area contributed by atoms with Crippen LogP contribution in [-0.2, 0) is 20.7 Å². The number of aromatic nitrogens is 2. The summed E-state index contributed by atoms with van der Waals surface area (Å²) in [5.74, 6) is -0.249. The Balaban J connectivity index is 0.000000160. The normalized spacial score (nSPS) is 17.0. The van der Waals surface area contributed by atoms with E-state index in [0.29, 0.717) is 17.3 Å². The number of anilines is 2. The molecule has 10 rings (SSSR count). The number of carbonyl (C=O) groups excluding carboxylic acids is 2. The predicted octanol–water partition coefficient (Wildman–Crippen LogP) is 9.19. The summed E-state index contributed by atoms with van der Waals surface area (Å²) in [4.78, 5) is 36.5. The number of hydrogen-bond acceptors (Lipinski definition) is 8. The van der Waals surface area contributed by atoms with Crippen LogP contribution < -0.4 is 30.7 Å². The van der Waals surface area contributed by atoms with E-state index in [-0.39, 0.29) is 48.3 Å². The second kappa shape index (κ2) is 17.3. The number of halogens is 3. The van der Waals surface area contributed by atoms with Crippen LogP contribution in [0.2, 0.25) is 0 Å². The Labute approximate surface area is 363 Å². The summed E-state index contributed by atoms with van der Waals surface area (Å²) >= 11 is 0. The maximum absolute atomic E-state index is 13.2. The van der Waals surface area contributed by atoms with E-state index in [2.05, 4.69) is 17.1 Å². The van der Waals surface area contributed by atoms with Crippen molar-refractivity contribution in [2.75, 3.05) is 42.8 Å². The van der Waals surface area contributed by atoms with Crippen LogP contribution in [0.25, 0.3) is 44.8 Å². The molecule has 6 aromatic rings. The number of hydrogen-bond donors (Lipinski definition) is 2. The largest absolute Gasteiger partial charge is 0.466 e. The van der Waals surface area contributed by atoms with Crippen molar-refractivity contribution < 1.29 is 32.2 Å². The number of nitrogens with two attached hydrogens (primary N) is 2. The van der Waals surface area contributed by atoms with Crippen molar-refractivity contribution in [2.24, 2.45) is 11.5 Å². The van der Waals surface area contributed by atoms with E-state index < -0.39 is 25.6 Å². The van der Waals surface area contributed by atoms with Gasteiger partial charge < -0.3 is 25.8 Å². The zero-order valence-electron chi connectivity index (χ0n) is 34.6. The van der Waals surface area contributed by atoms with Gasteiger partial charge in [0.15, 0.2) is 13.2 Å². The van der Waals surface area contributed by atoms with Crippen molar-refractivity contribution in [2.45, 2.75) is 56.0 Å². The topological polar surface area (TPSA) is 137 Å². The van der Waals surface area contributed by atoms with Gasteiger partial charge in [-0.05, 0) is 72.9 Å². The molecule has 2 fully saturated rings. The lowest BCUT2D eigenvalue weighted by Crippen LogP contribution is -2.43. The van der Waals surface area contributed by atoms with Gasteiger partial charge in [0.2, 0.25) is 11.8 Å². The van der Waals surface area contributed by atoms with E-state index in [0.717, 1.165) is 93.6 Å². The Kier molecular flexibility index (Phi) is 11.5. The van der Waals surface area contributed by atoms with Crippen LogP contribution >= 0.6 is 0 Å². The number of rotatable bonds is 10. The molecule has 0 unspecified atom stereocenters. The smallest absolute Gasteiger partial charge is 0.265 e. The van der Waals surface area contributed by atoms with Crippen LogP contribution in [0.1, 0.15) is 49.7 Å². The van der Waals surface area contributed by atoms with E-state index in [1.165, 1.54) is 4.90 Å². The first kappa shape index (κ1) is 41.8. The molecule has 322 valence electrons. The first-order valence-corrected chi connectivity index (χ1v) is 21.2. The van der Waals surface area contributed by atoms with Gasteiger partial charge in [0, 0.05) is 33.3 Å². The quantitative estimate of drug-likeness (QED) is 0.139. The molecule has 4 aromatic carbocycles. The molecule has 2 saturated carbocycles.